The molecule has 0 radical (unpaired) electrons. The average molecular weight is 418 g/mol. The molecule has 0 spiro atoms. The fraction of sp³-hybridized carbons (Fsp3) is 0.200. The number of amides is 2. The minimum absolute atomic E-state index is 0.200. The number of carbonyl (C=O) groups is 2. The van der Waals surface area contributed by atoms with Crippen LogP contribution >= 0.6 is 0 Å². The maximum Gasteiger partial charge on any atom is 0.265 e. The molecule has 0 saturated carbocycles. The van der Waals surface area contributed by atoms with Gasteiger partial charge in [-0.1, -0.05) is 37.3 Å². The molecule has 6 nitrogen and oxygen atoms in total. The number of para-hydroxylation sites is 3. The number of methoxy groups -OCH3 is 1. The van der Waals surface area contributed by atoms with Gasteiger partial charge in [-0.2, -0.15) is 0 Å². The van der Waals surface area contributed by atoms with Crippen LogP contribution < -0.4 is 20.1 Å². The zero-order valence-electron chi connectivity index (χ0n) is 17.8. The molecule has 0 aliphatic rings. The number of ether oxygens (including phenoxy) is 2. The summed E-state index contributed by atoms with van der Waals surface area (Å²) in [7, 11) is 1.55. The summed E-state index contributed by atoms with van der Waals surface area (Å²) in [5, 5.41) is 5.73. The monoisotopic (exact) mass is 418 g/mol. The van der Waals surface area contributed by atoms with Crippen molar-refractivity contribution in [3.8, 4) is 11.5 Å². The second-order valence-electron chi connectivity index (χ2n) is 6.94. The molecular formula is C25H26N2O4. The van der Waals surface area contributed by atoms with E-state index in [0.717, 1.165) is 17.7 Å². The quantitative estimate of drug-likeness (QED) is 0.545. The second kappa shape index (κ2) is 10.3. The van der Waals surface area contributed by atoms with Crippen LogP contribution in [0.15, 0.2) is 72.8 Å². The number of benzene rings is 3. The standard InChI is InChI=1S/C25H26N2O4/c1-4-18-9-5-6-10-21(18)26-25(29)19-13-15-20(16-14-19)31-17(2)24(28)27-22-11-7-8-12-23(22)30-3/h5-17H,4H2,1-3H3,(H,26,29)(H,27,28)/t17-/m0/s1. The van der Waals surface area contributed by atoms with Gasteiger partial charge in [-0.3, -0.25) is 9.59 Å². The van der Waals surface area contributed by atoms with E-state index in [9.17, 15) is 9.59 Å². The van der Waals surface area contributed by atoms with E-state index in [1.165, 1.54) is 0 Å². The Hall–Kier alpha value is -3.80. The number of aryl methyl sites for hydroxylation is 1. The number of rotatable bonds is 8. The van der Waals surface area contributed by atoms with Gasteiger partial charge in [-0.15, -0.1) is 0 Å². The van der Waals surface area contributed by atoms with Crippen molar-refractivity contribution in [2.24, 2.45) is 0 Å². The molecule has 1 atom stereocenters. The van der Waals surface area contributed by atoms with Crippen molar-refractivity contribution in [3.05, 3.63) is 83.9 Å². The lowest BCUT2D eigenvalue weighted by molar-refractivity contribution is -0.122. The van der Waals surface area contributed by atoms with Crippen molar-refractivity contribution < 1.29 is 19.1 Å². The third kappa shape index (κ3) is 5.63. The molecule has 6 heteroatoms. The van der Waals surface area contributed by atoms with E-state index < -0.39 is 6.10 Å². The maximum absolute atomic E-state index is 12.6. The third-order valence-electron chi connectivity index (χ3n) is 4.81. The summed E-state index contributed by atoms with van der Waals surface area (Å²) in [6.07, 6.45) is 0.0962. The van der Waals surface area contributed by atoms with Crippen LogP contribution in [0.5, 0.6) is 11.5 Å². The van der Waals surface area contributed by atoms with Crippen LogP contribution in [0.1, 0.15) is 29.8 Å². The van der Waals surface area contributed by atoms with Gasteiger partial charge in [0.05, 0.1) is 12.8 Å². The third-order valence-corrected chi connectivity index (χ3v) is 4.81. The molecule has 3 rings (SSSR count). The fourth-order valence-corrected chi connectivity index (χ4v) is 3.07. The van der Waals surface area contributed by atoms with Gasteiger partial charge in [-0.05, 0) is 61.4 Å². The van der Waals surface area contributed by atoms with Gasteiger partial charge in [0, 0.05) is 11.3 Å². The fourth-order valence-electron chi connectivity index (χ4n) is 3.07. The lowest BCUT2D eigenvalue weighted by Crippen LogP contribution is -2.30. The van der Waals surface area contributed by atoms with Crippen molar-refractivity contribution in [1.29, 1.82) is 0 Å². The minimum Gasteiger partial charge on any atom is -0.495 e. The minimum atomic E-state index is -0.735. The molecule has 160 valence electrons. The number of hydrogen-bond acceptors (Lipinski definition) is 4. The van der Waals surface area contributed by atoms with Gasteiger partial charge in [0.25, 0.3) is 11.8 Å². The van der Waals surface area contributed by atoms with E-state index >= 15 is 0 Å². The molecule has 0 saturated heterocycles. The molecule has 0 unspecified atom stereocenters. The second-order valence-corrected chi connectivity index (χ2v) is 6.94. The molecule has 0 aliphatic carbocycles. The zero-order valence-corrected chi connectivity index (χ0v) is 17.8. The summed E-state index contributed by atoms with van der Waals surface area (Å²) in [6, 6.07) is 21.6. The first-order valence-electron chi connectivity index (χ1n) is 10.1. The molecular weight excluding hydrogens is 392 g/mol. The lowest BCUT2D eigenvalue weighted by Gasteiger charge is -2.16. The number of anilines is 2. The van der Waals surface area contributed by atoms with Crippen LogP contribution in [0.2, 0.25) is 0 Å². The molecule has 0 bridgehead atoms. The van der Waals surface area contributed by atoms with Gasteiger partial charge >= 0.3 is 0 Å². The van der Waals surface area contributed by atoms with E-state index in [-0.39, 0.29) is 11.8 Å². The molecule has 2 amide bonds. The molecule has 2 N–H and O–H groups in total. The van der Waals surface area contributed by atoms with Crippen molar-refractivity contribution in [2.75, 3.05) is 17.7 Å². The number of hydrogen-bond donors (Lipinski definition) is 2. The van der Waals surface area contributed by atoms with Crippen molar-refractivity contribution in [2.45, 2.75) is 26.4 Å². The summed E-state index contributed by atoms with van der Waals surface area (Å²) in [5.74, 6) is 0.563. The summed E-state index contributed by atoms with van der Waals surface area (Å²) < 4.78 is 11.0. The maximum atomic E-state index is 12.6. The van der Waals surface area contributed by atoms with Crippen LogP contribution in [0, 0.1) is 0 Å². The SMILES string of the molecule is CCc1ccccc1NC(=O)c1ccc(O[C@@H](C)C(=O)Nc2ccccc2OC)cc1. The van der Waals surface area contributed by atoms with E-state index in [1.807, 2.05) is 43.3 Å². The van der Waals surface area contributed by atoms with Crippen molar-refractivity contribution in [1.82, 2.24) is 0 Å². The number of nitrogens with one attached hydrogen (secondary N) is 2. The Kier molecular flexibility index (Phi) is 7.27. The molecule has 0 fully saturated rings. The average Bonchev–Trinajstić information content (AvgIpc) is 2.80. The van der Waals surface area contributed by atoms with Gasteiger partial charge in [0.15, 0.2) is 6.10 Å². The normalized spacial score (nSPS) is 11.3. The van der Waals surface area contributed by atoms with Crippen molar-refractivity contribution in [3.63, 3.8) is 0 Å². The Morgan fingerprint density at radius 2 is 1.52 bits per heavy atom. The van der Waals surface area contributed by atoms with E-state index in [0.29, 0.717) is 22.7 Å². The highest BCUT2D eigenvalue weighted by Gasteiger charge is 2.17. The van der Waals surface area contributed by atoms with Gasteiger partial charge in [-0.25, -0.2) is 0 Å². The predicted molar refractivity (Wildman–Crippen MR) is 122 cm³/mol. The van der Waals surface area contributed by atoms with E-state index in [4.69, 9.17) is 9.47 Å². The Morgan fingerprint density at radius 1 is 0.871 bits per heavy atom. The van der Waals surface area contributed by atoms with Gasteiger partial charge in [0.2, 0.25) is 0 Å². The summed E-state index contributed by atoms with van der Waals surface area (Å²) in [4.78, 5) is 25.0. The van der Waals surface area contributed by atoms with Gasteiger partial charge < -0.3 is 20.1 Å². The predicted octanol–water partition coefficient (Wildman–Crippen LogP) is 4.92. The molecule has 0 aliphatic heterocycles. The molecule has 31 heavy (non-hydrogen) atoms. The zero-order chi connectivity index (χ0) is 22.2. The Balaban J connectivity index is 1.60. The summed E-state index contributed by atoms with van der Waals surface area (Å²) in [5.41, 5.74) is 2.96. The molecule has 3 aromatic rings. The van der Waals surface area contributed by atoms with E-state index in [2.05, 4.69) is 10.6 Å². The summed E-state index contributed by atoms with van der Waals surface area (Å²) in [6.45, 7) is 3.70. The van der Waals surface area contributed by atoms with Crippen LogP contribution in [0.3, 0.4) is 0 Å². The highest BCUT2D eigenvalue weighted by atomic mass is 16.5. The first-order chi connectivity index (χ1) is 15.0. The lowest BCUT2D eigenvalue weighted by atomic mass is 10.1. The first-order valence-corrected chi connectivity index (χ1v) is 10.1. The Bertz CT molecular complexity index is 1050. The van der Waals surface area contributed by atoms with Crippen LogP contribution in [0.25, 0.3) is 0 Å². The molecule has 3 aromatic carbocycles. The molecule has 0 heterocycles. The van der Waals surface area contributed by atoms with Crippen LogP contribution in [0.4, 0.5) is 11.4 Å². The van der Waals surface area contributed by atoms with Crippen LogP contribution in [-0.4, -0.2) is 25.0 Å². The number of carbonyl (C=O) groups excluding carboxylic acids is 2. The Morgan fingerprint density at radius 3 is 2.19 bits per heavy atom. The highest BCUT2D eigenvalue weighted by molar-refractivity contribution is 6.04. The summed E-state index contributed by atoms with van der Waals surface area (Å²) >= 11 is 0. The first kappa shape index (κ1) is 21.9. The van der Waals surface area contributed by atoms with Gasteiger partial charge in [0.1, 0.15) is 11.5 Å². The topological polar surface area (TPSA) is 76.7 Å². The molecule has 0 aromatic heterocycles. The van der Waals surface area contributed by atoms with Crippen LogP contribution in [-0.2, 0) is 11.2 Å². The largest absolute Gasteiger partial charge is 0.495 e. The smallest absolute Gasteiger partial charge is 0.265 e. The van der Waals surface area contributed by atoms with Crippen molar-refractivity contribution >= 4 is 23.2 Å². The van der Waals surface area contributed by atoms with E-state index in [1.54, 1.807) is 50.4 Å². The Labute approximate surface area is 182 Å². The highest BCUT2D eigenvalue weighted by Crippen LogP contribution is 2.24.